The molecule has 0 aliphatic carbocycles. The molecule has 1 saturated heterocycles. The Morgan fingerprint density at radius 1 is 1.19 bits per heavy atom. The van der Waals surface area contributed by atoms with Gasteiger partial charge in [-0.05, 0) is 55.5 Å². The van der Waals surface area contributed by atoms with Crippen molar-refractivity contribution in [2.75, 3.05) is 18.4 Å². The zero-order valence-electron chi connectivity index (χ0n) is 15.2. The predicted molar refractivity (Wildman–Crippen MR) is 106 cm³/mol. The van der Waals surface area contributed by atoms with E-state index in [2.05, 4.69) is 10.6 Å². The molecule has 6 nitrogen and oxygen atoms in total. The molecule has 0 bridgehead atoms. The van der Waals surface area contributed by atoms with Gasteiger partial charge in [-0.3, -0.25) is 9.59 Å². The number of piperidine rings is 1. The van der Waals surface area contributed by atoms with Crippen molar-refractivity contribution in [3.8, 4) is 0 Å². The molecule has 0 saturated carbocycles. The van der Waals surface area contributed by atoms with Gasteiger partial charge in [0.2, 0.25) is 5.91 Å². The van der Waals surface area contributed by atoms with Crippen LogP contribution in [0, 0.1) is 5.92 Å². The summed E-state index contributed by atoms with van der Waals surface area (Å²) in [4.78, 5) is 39.1. The second-order valence-electron chi connectivity index (χ2n) is 6.65. The van der Waals surface area contributed by atoms with Crippen molar-refractivity contribution in [2.24, 2.45) is 5.92 Å². The third-order valence-electron chi connectivity index (χ3n) is 4.63. The van der Waals surface area contributed by atoms with Crippen LogP contribution in [0.2, 0.25) is 0 Å². The van der Waals surface area contributed by atoms with E-state index in [1.54, 1.807) is 40.5 Å². The molecule has 1 fully saturated rings. The van der Waals surface area contributed by atoms with E-state index in [4.69, 9.17) is 0 Å². The van der Waals surface area contributed by atoms with Gasteiger partial charge in [-0.15, -0.1) is 11.3 Å². The number of carbonyl (C=O) groups excluding carboxylic acids is 3. The number of ketones is 1. The third kappa shape index (κ3) is 5.17. The molecule has 1 aliphatic rings. The summed E-state index contributed by atoms with van der Waals surface area (Å²) in [7, 11) is 0. The molecule has 3 amide bonds. The number of benzene rings is 1. The van der Waals surface area contributed by atoms with Crippen molar-refractivity contribution in [1.29, 1.82) is 0 Å². The first-order chi connectivity index (χ1) is 13.0. The van der Waals surface area contributed by atoms with Gasteiger partial charge in [0.15, 0.2) is 5.78 Å². The van der Waals surface area contributed by atoms with Crippen LogP contribution in [-0.4, -0.2) is 35.7 Å². The van der Waals surface area contributed by atoms with Gasteiger partial charge in [-0.1, -0.05) is 6.07 Å². The second kappa shape index (κ2) is 8.81. The highest BCUT2D eigenvalue weighted by molar-refractivity contribution is 7.09. The number of hydrogen-bond acceptors (Lipinski definition) is 4. The van der Waals surface area contributed by atoms with E-state index in [0.717, 1.165) is 17.7 Å². The van der Waals surface area contributed by atoms with Crippen LogP contribution in [0.4, 0.5) is 10.5 Å². The Balaban J connectivity index is 1.52. The van der Waals surface area contributed by atoms with Crippen molar-refractivity contribution >= 4 is 34.7 Å². The molecule has 1 unspecified atom stereocenters. The van der Waals surface area contributed by atoms with E-state index in [-0.39, 0.29) is 23.6 Å². The summed E-state index contributed by atoms with van der Waals surface area (Å²) in [5, 5.41) is 7.78. The molecule has 3 rings (SSSR count). The second-order valence-corrected chi connectivity index (χ2v) is 7.68. The lowest BCUT2D eigenvalue weighted by atomic mass is 9.97. The summed E-state index contributed by atoms with van der Waals surface area (Å²) < 4.78 is 0. The number of nitrogens with zero attached hydrogens (tertiary/aromatic N) is 1. The van der Waals surface area contributed by atoms with Crippen molar-refractivity contribution in [1.82, 2.24) is 10.2 Å². The molecule has 1 aliphatic heterocycles. The van der Waals surface area contributed by atoms with Gasteiger partial charge in [-0.2, -0.15) is 0 Å². The fourth-order valence-corrected chi connectivity index (χ4v) is 3.74. The maximum atomic E-state index is 12.6. The molecule has 1 aromatic carbocycles. The summed E-state index contributed by atoms with van der Waals surface area (Å²) in [5.41, 5.74) is 1.27. The first kappa shape index (κ1) is 19.1. The molecule has 1 atom stereocenters. The fourth-order valence-electron chi connectivity index (χ4n) is 3.10. The van der Waals surface area contributed by atoms with Crippen molar-refractivity contribution in [3.05, 3.63) is 52.2 Å². The average Bonchev–Trinajstić information content (AvgIpc) is 3.20. The van der Waals surface area contributed by atoms with Gasteiger partial charge in [0.05, 0.1) is 12.5 Å². The summed E-state index contributed by atoms with van der Waals surface area (Å²) in [6.45, 7) is 3.08. The van der Waals surface area contributed by atoms with Gasteiger partial charge in [0.25, 0.3) is 0 Å². The lowest BCUT2D eigenvalue weighted by Crippen LogP contribution is -2.47. The number of likely N-dealkylation sites (tertiary alicyclic amines) is 1. The Labute approximate surface area is 162 Å². The standard InChI is InChI=1S/C20H23N3O3S/c1-14(24)15-6-8-17(9-7-15)22-19(25)16-4-2-10-23(13-16)20(26)21-12-18-5-3-11-27-18/h3,5-9,11,16H,2,4,10,12-13H2,1H3,(H,21,26)(H,22,25). The summed E-state index contributed by atoms with van der Waals surface area (Å²) in [6, 6.07) is 10.6. The van der Waals surface area contributed by atoms with Gasteiger partial charge < -0.3 is 15.5 Å². The van der Waals surface area contributed by atoms with E-state index in [9.17, 15) is 14.4 Å². The zero-order chi connectivity index (χ0) is 19.2. The molecular formula is C20H23N3O3S. The molecular weight excluding hydrogens is 362 g/mol. The van der Waals surface area contributed by atoms with Gasteiger partial charge >= 0.3 is 6.03 Å². The third-order valence-corrected chi connectivity index (χ3v) is 5.51. The minimum Gasteiger partial charge on any atom is -0.333 e. The highest BCUT2D eigenvalue weighted by atomic mass is 32.1. The van der Waals surface area contributed by atoms with Crippen LogP contribution >= 0.6 is 11.3 Å². The number of amides is 3. The quantitative estimate of drug-likeness (QED) is 0.773. The van der Waals surface area contributed by atoms with E-state index < -0.39 is 0 Å². The highest BCUT2D eigenvalue weighted by Crippen LogP contribution is 2.19. The monoisotopic (exact) mass is 385 g/mol. The molecule has 142 valence electrons. The van der Waals surface area contributed by atoms with Gasteiger partial charge in [0, 0.05) is 29.2 Å². The number of thiophene rings is 1. The number of carbonyl (C=O) groups is 3. The molecule has 0 radical (unpaired) electrons. The number of Topliss-reactive ketones (excluding diaryl/α,β-unsaturated/α-hetero) is 1. The van der Waals surface area contributed by atoms with Crippen molar-refractivity contribution in [3.63, 3.8) is 0 Å². The summed E-state index contributed by atoms with van der Waals surface area (Å²) >= 11 is 1.60. The number of hydrogen-bond donors (Lipinski definition) is 2. The van der Waals surface area contributed by atoms with Crippen molar-refractivity contribution < 1.29 is 14.4 Å². The van der Waals surface area contributed by atoms with Crippen LogP contribution in [0.1, 0.15) is 35.0 Å². The molecule has 1 aromatic heterocycles. The number of rotatable bonds is 5. The Morgan fingerprint density at radius 3 is 2.63 bits per heavy atom. The number of anilines is 1. The lowest BCUT2D eigenvalue weighted by Gasteiger charge is -2.32. The van der Waals surface area contributed by atoms with Crippen LogP contribution in [0.5, 0.6) is 0 Å². The van der Waals surface area contributed by atoms with Crippen molar-refractivity contribution in [2.45, 2.75) is 26.3 Å². The average molecular weight is 385 g/mol. The highest BCUT2D eigenvalue weighted by Gasteiger charge is 2.28. The van der Waals surface area contributed by atoms with Crippen LogP contribution in [0.15, 0.2) is 41.8 Å². The Bertz CT molecular complexity index is 802. The maximum absolute atomic E-state index is 12.6. The Hall–Kier alpha value is -2.67. The fraction of sp³-hybridized carbons (Fsp3) is 0.350. The van der Waals surface area contributed by atoms with Crippen LogP contribution in [0.3, 0.4) is 0 Å². The minimum atomic E-state index is -0.237. The molecule has 2 N–H and O–H groups in total. The SMILES string of the molecule is CC(=O)c1ccc(NC(=O)C2CCCN(C(=O)NCc3cccs3)C2)cc1. The normalized spacial score (nSPS) is 16.6. The Morgan fingerprint density at radius 2 is 1.96 bits per heavy atom. The number of urea groups is 1. The molecule has 2 aromatic rings. The zero-order valence-corrected chi connectivity index (χ0v) is 16.1. The molecule has 27 heavy (non-hydrogen) atoms. The van der Waals surface area contributed by atoms with E-state index >= 15 is 0 Å². The summed E-state index contributed by atoms with van der Waals surface area (Å²) in [5.74, 6) is -0.343. The van der Waals surface area contributed by atoms with E-state index in [1.165, 1.54) is 6.92 Å². The molecule has 2 heterocycles. The molecule has 7 heteroatoms. The van der Waals surface area contributed by atoms with Crippen LogP contribution in [0.25, 0.3) is 0 Å². The van der Waals surface area contributed by atoms with E-state index in [1.807, 2.05) is 17.5 Å². The summed E-state index contributed by atoms with van der Waals surface area (Å²) in [6.07, 6.45) is 1.56. The topological polar surface area (TPSA) is 78.5 Å². The maximum Gasteiger partial charge on any atom is 0.317 e. The smallest absolute Gasteiger partial charge is 0.317 e. The lowest BCUT2D eigenvalue weighted by molar-refractivity contribution is -0.121. The molecule has 0 spiro atoms. The van der Waals surface area contributed by atoms with E-state index in [0.29, 0.717) is 30.9 Å². The largest absolute Gasteiger partial charge is 0.333 e. The first-order valence-electron chi connectivity index (χ1n) is 9.00. The van der Waals surface area contributed by atoms with Crippen LogP contribution < -0.4 is 10.6 Å². The number of nitrogens with one attached hydrogen (secondary N) is 2. The first-order valence-corrected chi connectivity index (χ1v) is 9.88. The van der Waals surface area contributed by atoms with Gasteiger partial charge in [0.1, 0.15) is 0 Å². The predicted octanol–water partition coefficient (Wildman–Crippen LogP) is 3.51. The Kier molecular flexibility index (Phi) is 6.24. The van der Waals surface area contributed by atoms with Gasteiger partial charge in [-0.25, -0.2) is 4.79 Å². The van der Waals surface area contributed by atoms with Crippen LogP contribution in [-0.2, 0) is 11.3 Å². The minimum absolute atomic E-state index is 0.00985.